The van der Waals surface area contributed by atoms with E-state index in [4.69, 9.17) is 15.7 Å². The van der Waals surface area contributed by atoms with Gasteiger partial charge in [0.25, 0.3) is 0 Å². The van der Waals surface area contributed by atoms with E-state index in [1.807, 2.05) is 0 Å². The van der Waals surface area contributed by atoms with Crippen molar-refractivity contribution in [1.82, 2.24) is 4.90 Å². The molecule has 5 heteroatoms. The van der Waals surface area contributed by atoms with Crippen LogP contribution in [0.4, 0.5) is 0 Å². The van der Waals surface area contributed by atoms with E-state index < -0.39 is 0 Å². The zero-order chi connectivity index (χ0) is 11.6. The second kappa shape index (κ2) is 4.59. The van der Waals surface area contributed by atoms with Gasteiger partial charge in [0.15, 0.2) is 5.84 Å². The average molecular weight is 227 g/mol. The summed E-state index contributed by atoms with van der Waals surface area (Å²) in [6.45, 7) is 3.48. The lowest BCUT2D eigenvalue weighted by Crippen LogP contribution is -2.35. The van der Waals surface area contributed by atoms with E-state index in [0.29, 0.717) is 17.8 Å². The quantitative estimate of drug-likeness (QED) is 0.317. The number of likely N-dealkylation sites (tertiary alicyclic amines) is 1. The topological polar surface area (TPSA) is 71.1 Å². The highest BCUT2D eigenvalue weighted by Gasteiger charge is 2.49. The number of hydrogen-bond donors (Lipinski definition) is 2. The van der Waals surface area contributed by atoms with Gasteiger partial charge in [0, 0.05) is 25.6 Å². The fourth-order valence-electron chi connectivity index (χ4n) is 3.43. The molecule has 5 nitrogen and oxygen atoms in total. The third-order valence-electron chi connectivity index (χ3n) is 4.06. The summed E-state index contributed by atoms with van der Waals surface area (Å²) in [7, 11) is 1.77. The molecule has 1 saturated carbocycles. The minimum absolute atomic E-state index is 0.299. The highest BCUT2D eigenvalue weighted by molar-refractivity contribution is 5.81. The summed E-state index contributed by atoms with van der Waals surface area (Å²) in [6, 6.07) is 0. The molecule has 2 atom stereocenters. The second-order valence-electron chi connectivity index (χ2n) is 5.15. The maximum atomic E-state index is 8.58. The Morgan fingerprint density at radius 1 is 1.69 bits per heavy atom. The van der Waals surface area contributed by atoms with Crippen molar-refractivity contribution < 1.29 is 9.94 Å². The molecular weight excluding hydrogens is 206 g/mol. The molecule has 2 rings (SSSR count). The first-order valence-electron chi connectivity index (χ1n) is 5.88. The zero-order valence-electron chi connectivity index (χ0n) is 9.85. The molecule has 0 aromatic carbocycles. The van der Waals surface area contributed by atoms with Crippen LogP contribution in [0.2, 0.25) is 0 Å². The van der Waals surface area contributed by atoms with E-state index >= 15 is 0 Å². The lowest BCUT2D eigenvalue weighted by molar-refractivity contribution is 0.0712. The number of oxime groups is 1. The van der Waals surface area contributed by atoms with Gasteiger partial charge in [-0.25, -0.2) is 0 Å². The van der Waals surface area contributed by atoms with Gasteiger partial charge >= 0.3 is 0 Å². The number of hydrogen-bond acceptors (Lipinski definition) is 4. The molecule has 1 aliphatic carbocycles. The predicted octanol–water partition coefficient (Wildman–Crippen LogP) is 0.481. The average Bonchev–Trinajstić information content (AvgIpc) is 2.74. The first-order chi connectivity index (χ1) is 7.70. The Kier molecular flexibility index (Phi) is 3.35. The monoisotopic (exact) mass is 227 g/mol. The van der Waals surface area contributed by atoms with Crippen LogP contribution in [0.15, 0.2) is 5.16 Å². The molecule has 3 N–H and O–H groups in total. The second-order valence-corrected chi connectivity index (χ2v) is 5.15. The third-order valence-corrected chi connectivity index (χ3v) is 4.06. The summed E-state index contributed by atoms with van der Waals surface area (Å²) in [6.07, 6.45) is 3.85. The minimum atomic E-state index is 0.299. The number of amidine groups is 1. The highest BCUT2D eigenvalue weighted by Crippen LogP contribution is 2.48. The molecule has 0 spiro atoms. The van der Waals surface area contributed by atoms with Crippen LogP contribution in [-0.4, -0.2) is 49.3 Å². The predicted molar refractivity (Wildman–Crippen MR) is 61.5 cm³/mol. The van der Waals surface area contributed by atoms with Crippen molar-refractivity contribution in [3.63, 3.8) is 0 Å². The minimum Gasteiger partial charge on any atom is -0.409 e. The van der Waals surface area contributed by atoms with Gasteiger partial charge < -0.3 is 15.7 Å². The Morgan fingerprint density at radius 3 is 3.19 bits per heavy atom. The first-order valence-corrected chi connectivity index (χ1v) is 5.88. The molecule has 0 radical (unpaired) electrons. The van der Waals surface area contributed by atoms with Gasteiger partial charge in [0.2, 0.25) is 0 Å². The van der Waals surface area contributed by atoms with Crippen molar-refractivity contribution >= 4 is 5.84 Å². The molecule has 2 unspecified atom stereocenters. The normalized spacial score (nSPS) is 35.6. The summed E-state index contributed by atoms with van der Waals surface area (Å²) in [4.78, 5) is 2.28. The van der Waals surface area contributed by atoms with Gasteiger partial charge in [-0.2, -0.15) is 0 Å². The number of fused-ring (bicyclic) bond motifs is 1. The summed E-state index contributed by atoms with van der Waals surface area (Å²) in [5.74, 6) is 1.02. The fraction of sp³-hybridized carbons (Fsp3) is 0.909. The zero-order valence-corrected chi connectivity index (χ0v) is 9.85. The van der Waals surface area contributed by atoms with Gasteiger partial charge in [-0.3, -0.25) is 4.90 Å². The van der Waals surface area contributed by atoms with Gasteiger partial charge in [-0.05, 0) is 18.8 Å². The summed E-state index contributed by atoms with van der Waals surface area (Å²) in [5.41, 5.74) is 5.87. The number of nitrogens with two attached hydrogens (primary N) is 1. The molecule has 2 aliphatic rings. The molecule has 1 heterocycles. The lowest BCUT2D eigenvalue weighted by Gasteiger charge is -2.27. The van der Waals surface area contributed by atoms with E-state index in [1.54, 1.807) is 7.11 Å². The van der Waals surface area contributed by atoms with Crippen molar-refractivity contribution in [2.45, 2.75) is 19.3 Å². The van der Waals surface area contributed by atoms with Crippen LogP contribution in [0.25, 0.3) is 0 Å². The number of nitrogens with zero attached hydrogens (tertiary/aromatic N) is 2. The van der Waals surface area contributed by atoms with E-state index in [9.17, 15) is 0 Å². The molecular formula is C11H21N3O2. The van der Waals surface area contributed by atoms with E-state index in [0.717, 1.165) is 25.6 Å². The van der Waals surface area contributed by atoms with Crippen molar-refractivity contribution in [1.29, 1.82) is 0 Å². The van der Waals surface area contributed by atoms with Crippen molar-refractivity contribution in [2.75, 3.05) is 33.4 Å². The largest absolute Gasteiger partial charge is 0.409 e. The van der Waals surface area contributed by atoms with Gasteiger partial charge in [0.1, 0.15) is 0 Å². The fourth-order valence-corrected chi connectivity index (χ4v) is 3.43. The number of rotatable bonds is 4. The Morgan fingerprint density at radius 2 is 2.50 bits per heavy atom. The third kappa shape index (κ3) is 2.01. The standard InChI is InChI=1S/C11H21N3O2/c1-16-8-11-4-2-3-9(11)5-14(7-11)6-10(12)13-15/h9,15H,2-8H2,1H3,(H2,12,13). The maximum Gasteiger partial charge on any atom is 0.153 e. The van der Waals surface area contributed by atoms with E-state index in [1.165, 1.54) is 19.3 Å². The van der Waals surface area contributed by atoms with Gasteiger partial charge in [-0.15, -0.1) is 0 Å². The SMILES string of the molecule is COCC12CCCC1CN(C/C(N)=N/O)C2. The molecule has 2 fully saturated rings. The Hall–Kier alpha value is -0.810. The molecule has 0 amide bonds. The lowest BCUT2D eigenvalue weighted by atomic mass is 9.82. The van der Waals surface area contributed by atoms with Crippen LogP contribution in [0.1, 0.15) is 19.3 Å². The Balaban J connectivity index is 1.99. The molecule has 1 aliphatic heterocycles. The highest BCUT2D eigenvalue weighted by atomic mass is 16.5. The number of methoxy groups -OCH3 is 1. The smallest absolute Gasteiger partial charge is 0.153 e. The summed E-state index contributed by atoms with van der Waals surface area (Å²) < 4.78 is 5.37. The molecule has 92 valence electrons. The van der Waals surface area contributed by atoms with Crippen LogP contribution in [0.5, 0.6) is 0 Å². The van der Waals surface area contributed by atoms with Crippen LogP contribution in [0, 0.1) is 11.3 Å². The Bertz CT molecular complexity index is 282. The van der Waals surface area contributed by atoms with E-state index in [-0.39, 0.29) is 0 Å². The van der Waals surface area contributed by atoms with Crippen molar-refractivity contribution in [3.8, 4) is 0 Å². The van der Waals surface area contributed by atoms with Crippen LogP contribution in [-0.2, 0) is 4.74 Å². The molecule has 0 bridgehead atoms. The van der Waals surface area contributed by atoms with Crippen molar-refractivity contribution in [2.24, 2.45) is 22.2 Å². The molecule has 16 heavy (non-hydrogen) atoms. The Labute approximate surface area is 96.2 Å². The van der Waals surface area contributed by atoms with Gasteiger partial charge in [0.05, 0.1) is 13.2 Å². The molecule has 1 saturated heterocycles. The molecule has 0 aromatic heterocycles. The van der Waals surface area contributed by atoms with E-state index in [2.05, 4.69) is 10.1 Å². The summed E-state index contributed by atoms with van der Waals surface area (Å²) in [5, 5.41) is 11.6. The maximum absolute atomic E-state index is 8.58. The summed E-state index contributed by atoms with van der Waals surface area (Å²) >= 11 is 0. The van der Waals surface area contributed by atoms with Crippen LogP contribution in [0.3, 0.4) is 0 Å². The number of ether oxygens (including phenoxy) is 1. The first kappa shape index (κ1) is 11.7. The van der Waals surface area contributed by atoms with Gasteiger partial charge in [-0.1, -0.05) is 11.6 Å². The van der Waals surface area contributed by atoms with Crippen LogP contribution < -0.4 is 5.73 Å². The van der Waals surface area contributed by atoms with Crippen molar-refractivity contribution in [3.05, 3.63) is 0 Å². The molecule has 0 aromatic rings. The van der Waals surface area contributed by atoms with Crippen LogP contribution >= 0.6 is 0 Å².